The quantitative estimate of drug-likeness (QED) is 0.120. The highest BCUT2D eigenvalue weighted by molar-refractivity contribution is 5.87. The second-order valence-corrected chi connectivity index (χ2v) is 13.3. The molecule has 1 unspecified atom stereocenters. The smallest absolute Gasteiger partial charge is 0.416 e. The molecular formula is C42H36F3N3O6. The fourth-order valence-electron chi connectivity index (χ4n) is 6.89. The Morgan fingerprint density at radius 2 is 1.57 bits per heavy atom. The van der Waals surface area contributed by atoms with Crippen molar-refractivity contribution in [2.24, 2.45) is 0 Å². The number of halogens is 3. The van der Waals surface area contributed by atoms with E-state index in [9.17, 15) is 33.0 Å². The number of oxazole rings is 1. The number of aromatic carboxylic acids is 2. The van der Waals surface area contributed by atoms with E-state index in [0.717, 1.165) is 58.7 Å². The number of hydrogen-bond donors (Lipinski definition) is 2. The molecule has 9 nitrogen and oxygen atoms in total. The van der Waals surface area contributed by atoms with Crippen molar-refractivity contribution in [2.75, 3.05) is 13.1 Å². The van der Waals surface area contributed by atoms with Crippen LogP contribution in [0.1, 0.15) is 73.2 Å². The molecule has 0 spiro atoms. The lowest BCUT2D eigenvalue weighted by molar-refractivity contribution is -0.137. The van der Waals surface area contributed by atoms with Gasteiger partial charge in [-0.15, -0.1) is 0 Å². The first-order chi connectivity index (χ1) is 26.0. The molecule has 0 saturated carbocycles. The van der Waals surface area contributed by atoms with Crippen molar-refractivity contribution >= 4 is 23.0 Å². The number of aryl methyl sites for hydroxylation is 1. The number of carbonyl (C=O) groups is 2. The van der Waals surface area contributed by atoms with E-state index in [2.05, 4.69) is 14.9 Å². The zero-order valence-corrected chi connectivity index (χ0v) is 29.1. The zero-order valence-electron chi connectivity index (χ0n) is 29.1. The maximum absolute atomic E-state index is 13.2. The molecule has 1 atom stereocenters. The molecule has 2 N–H and O–H groups in total. The van der Waals surface area contributed by atoms with Gasteiger partial charge in [-0.2, -0.15) is 13.2 Å². The molecule has 0 fully saturated rings. The monoisotopic (exact) mass is 735 g/mol. The van der Waals surface area contributed by atoms with Crippen LogP contribution in [0.3, 0.4) is 0 Å². The molecule has 7 rings (SSSR count). The summed E-state index contributed by atoms with van der Waals surface area (Å²) in [5.41, 5.74) is 5.27. The largest absolute Gasteiger partial charge is 0.489 e. The van der Waals surface area contributed by atoms with Gasteiger partial charge in [0.15, 0.2) is 5.58 Å². The summed E-state index contributed by atoms with van der Waals surface area (Å²) in [5.74, 6) is -1.06. The van der Waals surface area contributed by atoms with Gasteiger partial charge in [0.1, 0.15) is 23.6 Å². The van der Waals surface area contributed by atoms with Crippen LogP contribution in [0.15, 0.2) is 108 Å². The Labute approximate surface area is 308 Å². The Balaban J connectivity index is 1.05. The number of pyridine rings is 1. The van der Waals surface area contributed by atoms with Crippen LogP contribution in [0, 0.1) is 0 Å². The summed E-state index contributed by atoms with van der Waals surface area (Å²) in [6.45, 7) is 1.65. The number of hydrogen-bond acceptors (Lipinski definition) is 7. The summed E-state index contributed by atoms with van der Waals surface area (Å²) in [7, 11) is 0. The maximum atomic E-state index is 13.2. The predicted octanol–water partition coefficient (Wildman–Crippen LogP) is 9.05. The maximum Gasteiger partial charge on any atom is 0.416 e. The van der Waals surface area contributed by atoms with Crippen LogP contribution in [-0.4, -0.2) is 50.1 Å². The van der Waals surface area contributed by atoms with E-state index in [1.165, 1.54) is 6.07 Å². The number of carboxylic acid groups (broad SMARTS) is 2. The van der Waals surface area contributed by atoms with Crippen LogP contribution >= 0.6 is 0 Å². The van der Waals surface area contributed by atoms with Crippen molar-refractivity contribution in [2.45, 2.75) is 50.9 Å². The topological polar surface area (TPSA) is 126 Å². The first-order valence-corrected chi connectivity index (χ1v) is 17.6. The Morgan fingerprint density at radius 3 is 2.31 bits per heavy atom. The minimum atomic E-state index is -4.47. The molecule has 276 valence electrons. The number of para-hydroxylation sites is 1. The van der Waals surface area contributed by atoms with Gasteiger partial charge in [0.05, 0.1) is 11.1 Å². The molecule has 0 radical (unpaired) electrons. The van der Waals surface area contributed by atoms with Gasteiger partial charge in [-0.1, -0.05) is 48.5 Å². The normalized spacial score (nSPS) is 14.3. The number of benzene rings is 4. The number of fused-ring (bicyclic) bond motifs is 2. The van der Waals surface area contributed by atoms with Gasteiger partial charge in [0.2, 0.25) is 5.89 Å². The Morgan fingerprint density at radius 1 is 0.833 bits per heavy atom. The fourth-order valence-corrected chi connectivity index (χ4v) is 6.89. The Bertz CT molecular complexity index is 2290. The Kier molecular flexibility index (Phi) is 10.5. The standard InChI is InChI=1S/C42H36F3N3O6/c43-42(44,45)31-16-19-38-35(24-31)47-39(54-38)29-12-10-27(11-13-29)25-53-37-7-2-1-4-28(37)21-23-48(22-20-26-8-14-30(15-9-26)40(49)50)36-6-3-5-33-32(36)17-18-34(46-33)41(51)52/h1-2,4,7-19,24,36H,3,5-6,20-23,25H2,(H,49,50)(H,51,52). The van der Waals surface area contributed by atoms with Crippen molar-refractivity contribution in [1.29, 1.82) is 0 Å². The van der Waals surface area contributed by atoms with Crippen LogP contribution in [0.2, 0.25) is 0 Å². The Hall–Kier alpha value is -6.01. The summed E-state index contributed by atoms with van der Waals surface area (Å²) in [6.07, 6.45) is -0.618. The van der Waals surface area contributed by atoms with Crippen LogP contribution in [0.5, 0.6) is 5.75 Å². The first kappa shape index (κ1) is 36.4. The highest BCUT2D eigenvalue weighted by Crippen LogP contribution is 2.35. The van der Waals surface area contributed by atoms with Gasteiger partial charge in [0, 0.05) is 30.4 Å². The van der Waals surface area contributed by atoms with Crippen LogP contribution < -0.4 is 4.74 Å². The van der Waals surface area contributed by atoms with Gasteiger partial charge < -0.3 is 19.4 Å². The van der Waals surface area contributed by atoms with E-state index in [1.807, 2.05) is 54.6 Å². The summed E-state index contributed by atoms with van der Waals surface area (Å²) in [4.78, 5) is 34.2. The molecule has 54 heavy (non-hydrogen) atoms. The van der Waals surface area contributed by atoms with Crippen molar-refractivity contribution in [3.63, 3.8) is 0 Å². The van der Waals surface area contributed by atoms with Crippen molar-refractivity contribution in [3.05, 3.63) is 148 Å². The molecule has 12 heteroatoms. The lowest BCUT2D eigenvalue weighted by atomic mass is 9.89. The highest BCUT2D eigenvalue weighted by atomic mass is 19.4. The second kappa shape index (κ2) is 15.5. The molecule has 6 aromatic rings. The van der Waals surface area contributed by atoms with Gasteiger partial charge >= 0.3 is 18.1 Å². The molecule has 0 aliphatic heterocycles. The van der Waals surface area contributed by atoms with Gasteiger partial charge in [-0.3, -0.25) is 4.90 Å². The molecule has 0 amide bonds. The van der Waals surface area contributed by atoms with E-state index in [-0.39, 0.29) is 40.9 Å². The third-order valence-corrected chi connectivity index (χ3v) is 9.76. The van der Waals surface area contributed by atoms with E-state index in [4.69, 9.17) is 9.15 Å². The number of alkyl halides is 3. The second-order valence-electron chi connectivity index (χ2n) is 13.3. The molecule has 2 aromatic heterocycles. The van der Waals surface area contributed by atoms with Crippen LogP contribution in [0.25, 0.3) is 22.6 Å². The highest BCUT2D eigenvalue weighted by Gasteiger charge is 2.31. The first-order valence-electron chi connectivity index (χ1n) is 17.6. The molecule has 2 heterocycles. The molecule has 1 aliphatic rings. The lowest BCUT2D eigenvalue weighted by Gasteiger charge is -2.36. The molecular weight excluding hydrogens is 699 g/mol. The number of aromatic nitrogens is 2. The number of ether oxygens (including phenoxy) is 1. The van der Waals surface area contributed by atoms with Crippen LogP contribution in [0.4, 0.5) is 13.2 Å². The van der Waals surface area contributed by atoms with Gasteiger partial charge in [-0.05, 0) is 109 Å². The summed E-state index contributed by atoms with van der Waals surface area (Å²) in [6, 6.07) is 28.8. The van der Waals surface area contributed by atoms with Gasteiger partial charge in [0.25, 0.3) is 0 Å². The van der Waals surface area contributed by atoms with Crippen molar-refractivity contribution in [3.8, 4) is 17.2 Å². The number of nitrogens with zero attached hydrogens (tertiary/aromatic N) is 3. The molecule has 0 bridgehead atoms. The average Bonchev–Trinajstić information content (AvgIpc) is 3.61. The molecule has 0 saturated heterocycles. The summed E-state index contributed by atoms with van der Waals surface area (Å²) in [5, 5.41) is 18.9. The number of rotatable bonds is 13. The van der Waals surface area contributed by atoms with E-state index in [1.54, 1.807) is 30.3 Å². The van der Waals surface area contributed by atoms with Gasteiger partial charge in [-0.25, -0.2) is 19.6 Å². The molecule has 1 aliphatic carbocycles. The van der Waals surface area contributed by atoms with E-state index >= 15 is 0 Å². The minimum Gasteiger partial charge on any atom is -0.489 e. The van der Waals surface area contributed by atoms with E-state index < -0.39 is 23.7 Å². The van der Waals surface area contributed by atoms with E-state index in [0.29, 0.717) is 37.9 Å². The fraction of sp³-hybridized carbons (Fsp3) is 0.238. The zero-order chi connectivity index (χ0) is 37.8. The van der Waals surface area contributed by atoms with Crippen molar-refractivity contribution in [1.82, 2.24) is 14.9 Å². The minimum absolute atomic E-state index is 0.0296. The van der Waals surface area contributed by atoms with Crippen LogP contribution in [-0.2, 0) is 32.0 Å². The summed E-state index contributed by atoms with van der Waals surface area (Å²) >= 11 is 0. The lowest BCUT2D eigenvalue weighted by Crippen LogP contribution is -2.35. The predicted molar refractivity (Wildman–Crippen MR) is 194 cm³/mol. The molecule has 4 aromatic carbocycles. The average molecular weight is 736 g/mol. The SMILES string of the molecule is O=C(O)c1ccc(CCN(CCc2ccccc2OCc2ccc(-c3nc4cc(C(F)(F)F)ccc4o3)cc2)C2CCCc3nc(C(=O)O)ccc32)cc1. The third kappa shape index (κ3) is 8.29. The van der Waals surface area contributed by atoms with Crippen molar-refractivity contribution < 1.29 is 42.1 Å². The summed E-state index contributed by atoms with van der Waals surface area (Å²) < 4.78 is 51.5. The number of carboxylic acids is 2. The third-order valence-electron chi connectivity index (χ3n) is 9.76.